The van der Waals surface area contributed by atoms with Gasteiger partial charge in [-0.15, -0.1) is 0 Å². The standard InChI is InChI=1S/C11H13N3O4/c1-14-5-3-8(10(14)15)18-9-6-7(2-4-13-9)17-11(12)16/h2,4,6,8H,3,5H2,1H3,(H2,12,16). The predicted octanol–water partition coefficient (Wildman–Crippen LogP) is 0.149. The van der Waals surface area contributed by atoms with Crippen LogP contribution in [-0.4, -0.2) is 41.6 Å². The highest BCUT2D eigenvalue weighted by Gasteiger charge is 2.31. The number of pyridine rings is 1. The quantitative estimate of drug-likeness (QED) is 0.825. The van der Waals surface area contributed by atoms with Gasteiger partial charge >= 0.3 is 6.09 Å². The molecule has 0 bridgehead atoms. The van der Waals surface area contributed by atoms with Gasteiger partial charge in [0.05, 0.1) is 0 Å². The fraction of sp³-hybridized carbons (Fsp3) is 0.364. The van der Waals surface area contributed by atoms with Gasteiger partial charge in [0.25, 0.3) is 5.91 Å². The number of primary amides is 1. The van der Waals surface area contributed by atoms with Crippen LogP contribution in [0.25, 0.3) is 0 Å². The minimum atomic E-state index is -0.913. The molecule has 1 saturated heterocycles. The first-order valence-corrected chi connectivity index (χ1v) is 5.41. The first-order valence-electron chi connectivity index (χ1n) is 5.41. The largest absolute Gasteiger partial charge is 0.464 e. The maximum atomic E-state index is 11.6. The van der Waals surface area contributed by atoms with Crippen molar-refractivity contribution in [3.05, 3.63) is 18.3 Å². The Kier molecular flexibility index (Phi) is 3.31. The molecule has 0 saturated carbocycles. The van der Waals surface area contributed by atoms with Gasteiger partial charge in [0, 0.05) is 32.3 Å². The highest BCUT2D eigenvalue weighted by Crippen LogP contribution is 2.20. The summed E-state index contributed by atoms with van der Waals surface area (Å²) in [6.07, 6.45) is 0.574. The van der Waals surface area contributed by atoms with Crippen molar-refractivity contribution in [3.63, 3.8) is 0 Å². The summed E-state index contributed by atoms with van der Waals surface area (Å²) in [5.74, 6) is 0.367. The number of hydrogen-bond donors (Lipinski definition) is 1. The Hall–Kier alpha value is -2.31. The molecule has 1 aliphatic heterocycles. The number of hydrogen-bond acceptors (Lipinski definition) is 5. The highest BCUT2D eigenvalue weighted by molar-refractivity contribution is 5.83. The summed E-state index contributed by atoms with van der Waals surface area (Å²) in [5.41, 5.74) is 4.90. The van der Waals surface area contributed by atoms with E-state index in [-0.39, 0.29) is 17.5 Å². The Balaban J connectivity index is 2.05. The third-order valence-corrected chi connectivity index (χ3v) is 2.57. The van der Waals surface area contributed by atoms with Crippen LogP contribution in [0.15, 0.2) is 18.3 Å². The van der Waals surface area contributed by atoms with Crippen molar-refractivity contribution in [3.8, 4) is 11.6 Å². The van der Waals surface area contributed by atoms with Crippen molar-refractivity contribution in [2.75, 3.05) is 13.6 Å². The zero-order valence-corrected chi connectivity index (χ0v) is 9.83. The van der Waals surface area contributed by atoms with E-state index >= 15 is 0 Å². The molecule has 2 heterocycles. The average Bonchev–Trinajstić information content (AvgIpc) is 2.61. The molecule has 1 atom stereocenters. The monoisotopic (exact) mass is 251 g/mol. The van der Waals surface area contributed by atoms with Gasteiger partial charge in [0.15, 0.2) is 6.10 Å². The van der Waals surface area contributed by atoms with Crippen molar-refractivity contribution in [1.29, 1.82) is 0 Å². The third-order valence-electron chi connectivity index (χ3n) is 2.57. The maximum Gasteiger partial charge on any atom is 0.409 e. The molecule has 1 aliphatic rings. The van der Waals surface area contributed by atoms with Crippen molar-refractivity contribution in [2.45, 2.75) is 12.5 Å². The van der Waals surface area contributed by atoms with E-state index in [1.165, 1.54) is 18.3 Å². The van der Waals surface area contributed by atoms with Gasteiger partial charge in [0.1, 0.15) is 5.75 Å². The lowest BCUT2D eigenvalue weighted by Gasteiger charge is -2.12. The van der Waals surface area contributed by atoms with Crippen LogP contribution in [0.3, 0.4) is 0 Å². The molecule has 2 N–H and O–H groups in total. The Morgan fingerprint density at radius 2 is 2.39 bits per heavy atom. The lowest BCUT2D eigenvalue weighted by molar-refractivity contribution is -0.132. The molecule has 7 nitrogen and oxygen atoms in total. The molecular weight excluding hydrogens is 238 g/mol. The van der Waals surface area contributed by atoms with Crippen LogP contribution in [0.4, 0.5) is 4.79 Å². The maximum absolute atomic E-state index is 11.6. The zero-order valence-electron chi connectivity index (χ0n) is 9.83. The lowest BCUT2D eigenvalue weighted by atomic mass is 10.3. The Morgan fingerprint density at radius 3 is 3.00 bits per heavy atom. The van der Waals surface area contributed by atoms with E-state index in [0.29, 0.717) is 13.0 Å². The van der Waals surface area contributed by atoms with Crippen molar-refractivity contribution < 1.29 is 19.1 Å². The third kappa shape index (κ3) is 2.68. The van der Waals surface area contributed by atoms with Crippen molar-refractivity contribution >= 4 is 12.0 Å². The molecule has 0 aromatic carbocycles. The minimum absolute atomic E-state index is 0.0852. The van der Waals surface area contributed by atoms with Gasteiger partial charge < -0.3 is 20.1 Å². The smallest absolute Gasteiger partial charge is 0.409 e. The summed E-state index contributed by atoms with van der Waals surface area (Å²) in [7, 11) is 1.71. The van der Waals surface area contributed by atoms with Crippen LogP contribution in [0, 0.1) is 0 Å². The van der Waals surface area contributed by atoms with Crippen LogP contribution in [0.1, 0.15) is 6.42 Å². The zero-order chi connectivity index (χ0) is 13.1. The van der Waals surface area contributed by atoms with E-state index in [0.717, 1.165) is 0 Å². The number of nitrogens with two attached hydrogens (primary N) is 1. The second-order valence-corrected chi connectivity index (χ2v) is 3.91. The molecule has 2 rings (SSSR count). The van der Waals surface area contributed by atoms with Gasteiger partial charge in [-0.3, -0.25) is 4.79 Å². The SMILES string of the molecule is CN1CCC(Oc2cc(OC(N)=O)ccn2)C1=O. The minimum Gasteiger partial charge on any atom is -0.464 e. The number of amides is 2. The summed E-state index contributed by atoms with van der Waals surface area (Å²) >= 11 is 0. The normalized spacial score (nSPS) is 18.8. The fourth-order valence-corrected chi connectivity index (χ4v) is 1.68. The fourth-order valence-electron chi connectivity index (χ4n) is 1.68. The van der Waals surface area contributed by atoms with Crippen molar-refractivity contribution in [2.24, 2.45) is 5.73 Å². The van der Waals surface area contributed by atoms with Crippen LogP contribution in [0.5, 0.6) is 11.6 Å². The molecule has 0 spiro atoms. The van der Waals surface area contributed by atoms with Crippen LogP contribution >= 0.6 is 0 Å². The van der Waals surface area contributed by atoms with Crippen LogP contribution in [0.2, 0.25) is 0 Å². The lowest BCUT2D eigenvalue weighted by Crippen LogP contribution is -2.29. The number of likely N-dealkylation sites (N-methyl/N-ethyl adjacent to an activating group) is 1. The molecule has 1 unspecified atom stereocenters. The van der Waals surface area contributed by atoms with Gasteiger partial charge in [-0.25, -0.2) is 9.78 Å². The molecular formula is C11H13N3O4. The number of ether oxygens (including phenoxy) is 2. The van der Waals surface area contributed by atoms with Gasteiger partial charge in [-0.1, -0.05) is 0 Å². The van der Waals surface area contributed by atoms with E-state index in [2.05, 4.69) is 4.98 Å². The van der Waals surface area contributed by atoms with Gasteiger partial charge in [-0.05, 0) is 6.07 Å². The number of carbonyl (C=O) groups is 2. The molecule has 0 aliphatic carbocycles. The molecule has 7 heteroatoms. The van der Waals surface area contributed by atoms with E-state index < -0.39 is 12.2 Å². The number of nitrogens with zero attached hydrogens (tertiary/aromatic N) is 2. The summed E-state index contributed by atoms with van der Waals surface area (Å²) in [4.78, 5) is 27.8. The van der Waals surface area contributed by atoms with Crippen molar-refractivity contribution in [1.82, 2.24) is 9.88 Å². The second kappa shape index (κ2) is 4.91. The average molecular weight is 251 g/mol. The molecule has 1 fully saturated rings. The van der Waals surface area contributed by atoms with Crippen LogP contribution < -0.4 is 15.2 Å². The number of carbonyl (C=O) groups excluding carboxylic acids is 2. The second-order valence-electron chi connectivity index (χ2n) is 3.91. The Labute approximate surface area is 103 Å². The summed E-state index contributed by atoms with van der Waals surface area (Å²) < 4.78 is 10.1. The summed E-state index contributed by atoms with van der Waals surface area (Å²) in [6, 6.07) is 2.89. The highest BCUT2D eigenvalue weighted by atomic mass is 16.5. The molecule has 1 aromatic heterocycles. The topological polar surface area (TPSA) is 94.8 Å². The molecule has 18 heavy (non-hydrogen) atoms. The van der Waals surface area contributed by atoms with Gasteiger partial charge in [-0.2, -0.15) is 0 Å². The van der Waals surface area contributed by atoms with E-state index in [1.807, 2.05) is 0 Å². The molecule has 0 radical (unpaired) electrons. The van der Waals surface area contributed by atoms with E-state index in [4.69, 9.17) is 15.2 Å². The first-order chi connectivity index (χ1) is 8.56. The summed E-state index contributed by atoms with van der Waals surface area (Å²) in [5, 5.41) is 0. The Morgan fingerprint density at radius 1 is 1.61 bits per heavy atom. The first kappa shape index (κ1) is 12.2. The number of aromatic nitrogens is 1. The summed E-state index contributed by atoms with van der Waals surface area (Å²) in [6.45, 7) is 0.654. The Bertz CT molecular complexity index is 477. The van der Waals surface area contributed by atoms with E-state index in [9.17, 15) is 9.59 Å². The molecule has 2 amide bonds. The molecule has 1 aromatic rings. The van der Waals surface area contributed by atoms with Gasteiger partial charge in [0.2, 0.25) is 5.88 Å². The van der Waals surface area contributed by atoms with E-state index in [1.54, 1.807) is 11.9 Å². The molecule has 96 valence electrons. The number of likely N-dealkylation sites (tertiary alicyclic amines) is 1. The number of rotatable bonds is 3. The predicted molar refractivity (Wildman–Crippen MR) is 61.1 cm³/mol. The van der Waals surface area contributed by atoms with Crippen LogP contribution in [-0.2, 0) is 4.79 Å².